The van der Waals surface area contributed by atoms with Gasteiger partial charge in [-0.25, -0.2) is 14.6 Å². The van der Waals surface area contributed by atoms with Crippen LogP contribution in [-0.4, -0.2) is 38.2 Å². The Kier molecular flexibility index (Phi) is 4.43. The summed E-state index contributed by atoms with van der Waals surface area (Å²) in [4.78, 5) is 20.5. The van der Waals surface area contributed by atoms with Crippen molar-refractivity contribution in [2.24, 2.45) is 11.7 Å². The van der Waals surface area contributed by atoms with Gasteiger partial charge >= 0.3 is 0 Å². The summed E-state index contributed by atoms with van der Waals surface area (Å²) in [6.07, 6.45) is 9.00. The lowest BCUT2D eigenvalue weighted by Crippen LogP contribution is -2.44. The van der Waals surface area contributed by atoms with Crippen LogP contribution in [0.3, 0.4) is 0 Å². The normalized spacial score (nSPS) is 21.5. The Morgan fingerprint density at radius 3 is 2.91 bits per heavy atom. The van der Waals surface area contributed by atoms with Crippen LogP contribution in [0.5, 0.6) is 0 Å². The minimum Gasteiger partial charge on any atom is -0.349 e. The highest BCUT2D eigenvalue weighted by Gasteiger charge is 2.25. The van der Waals surface area contributed by atoms with Gasteiger partial charge in [-0.2, -0.15) is 5.10 Å². The van der Waals surface area contributed by atoms with E-state index in [9.17, 15) is 4.79 Å². The summed E-state index contributed by atoms with van der Waals surface area (Å²) in [5, 5.41) is 7.10. The van der Waals surface area contributed by atoms with Gasteiger partial charge in [0.25, 0.3) is 5.91 Å². The molecule has 1 amide bonds. The number of hydrogen-bond acceptors (Lipinski definition) is 5. The first-order chi connectivity index (χ1) is 10.8. The number of nitrogens with zero attached hydrogens (tertiary/aromatic N) is 4. The van der Waals surface area contributed by atoms with Crippen LogP contribution >= 0.6 is 0 Å². The summed E-state index contributed by atoms with van der Waals surface area (Å²) in [5.74, 6) is 0.912. The number of rotatable bonds is 4. The first-order valence-electron chi connectivity index (χ1n) is 7.60. The molecule has 3 rings (SSSR count). The van der Waals surface area contributed by atoms with E-state index in [0.29, 0.717) is 23.8 Å². The molecular weight excluding hydrogens is 280 g/mol. The van der Waals surface area contributed by atoms with Gasteiger partial charge in [-0.1, -0.05) is 12.8 Å². The van der Waals surface area contributed by atoms with Gasteiger partial charge in [0.2, 0.25) is 0 Å². The van der Waals surface area contributed by atoms with E-state index in [1.165, 1.54) is 12.7 Å². The molecule has 0 saturated heterocycles. The molecule has 7 heteroatoms. The third-order valence-corrected chi connectivity index (χ3v) is 4.19. The molecule has 1 aliphatic carbocycles. The van der Waals surface area contributed by atoms with Crippen LogP contribution in [0, 0.1) is 5.92 Å². The van der Waals surface area contributed by atoms with Crippen LogP contribution < -0.4 is 11.1 Å². The lowest BCUT2D eigenvalue weighted by Gasteiger charge is -2.31. The maximum absolute atomic E-state index is 12.3. The SMILES string of the molecule is NCC1CCCCC1NC(=O)c1ccc(-n2cncn2)nc1. The standard InChI is InChI=1S/C15H20N6O/c16-7-11-3-1-2-4-13(11)20-15(22)12-5-6-14(18-8-12)21-10-17-9-19-21/h5-6,8-11,13H,1-4,7,16H2,(H,20,22). The number of pyridine rings is 1. The summed E-state index contributed by atoms with van der Waals surface area (Å²) >= 11 is 0. The van der Waals surface area contributed by atoms with E-state index in [-0.39, 0.29) is 11.9 Å². The summed E-state index contributed by atoms with van der Waals surface area (Å²) in [6.45, 7) is 0.619. The number of carbonyl (C=O) groups is 1. The fourth-order valence-corrected chi connectivity index (χ4v) is 2.91. The quantitative estimate of drug-likeness (QED) is 0.874. The average molecular weight is 300 g/mol. The molecule has 0 aliphatic heterocycles. The predicted octanol–water partition coefficient (Wildman–Crippen LogP) is 0.910. The van der Waals surface area contributed by atoms with Crippen molar-refractivity contribution in [3.8, 4) is 5.82 Å². The second-order valence-electron chi connectivity index (χ2n) is 5.61. The molecule has 2 heterocycles. The minimum absolute atomic E-state index is 0.0945. The Morgan fingerprint density at radius 2 is 2.23 bits per heavy atom. The number of nitrogens with two attached hydrogens (primary N) is 1. The number of nitrogens with one attached hydrogen (secondary N) is 1. The van der Waals surface area contributed by atoms with Gasteiger partial charge in [-0.05, 0) is 37.4 Å². The predicted molar refractivity (Wildman–Crippen MR) is 81.4 cm³/mol. The van der Waals surface area contributed by atoms with Crippen LogP contribution in [-0.2, 0) is 0 Å². The molecule has 116 valence electrons. The fourth-order valence-electron chi connectivity index (χ4n) is 2.91. The molecule has 2 unspecified atom stereocenters. The topological polar surface area (TPSA) is 98.7 Å². The van der Waals surface area contributed by atoms with E-state index in [1.54, 1.807) is 29.3 Å². The van der Waals surface area contributed by atoms with Gasteiger partial charge in [-0.3, -0.25) is 4.79 Å². The Morgan fingerprint density at radius 1 is 1.36 bits per heavy atom. The first-order valence-corrected chi connectivity index (χ1v) is 7.60. The van der Waals surface area contributed by atoms with Crippen molar-refractivity contribution in [3.05, 3.63) is 36.5 Å². The van der Waals surface area contributed by atoms with E-state index in [4.69, 9.17) is 5.73 Å². The maximum Gasteiger partial charge on any atom is 0.253 e. The zero-order valence-electron chi connectivity index (χ0n) is 12.4. The number of amides is 1. The molecule has 0 aromatic carbocycles. The third kappa shape index (κ3) is 3.14. The Hall–Kier alpha value is -2.28. The molecule has 7 nitrogen and oxygen atoms in total. The Labute approximate surface area is 129 Å². The van der Waals surface area contributed by atoms with E-state index in [1.807, 2.05) is 0 Å². The Bertz CT molecular complexity index is 609. The van der Waals surface area contributed by atoms with Crippen molar-refractivity contribution in [1.29, 1.82) is 0 Å². The number of carbonyl (C=O) groups excluding carboxylic acids is 1. The number of hydrogen-bond donors (Lipinski definition) is 2. The van der Waals surface area contributed by atoms with Gasteiger partial charge in [0, 0.05) is 12.2 Å². The van der Waals surface area contributed by atoms with Gasteiger partial charge in [0.05, 0.1) is 5.56 Å². The van der Waals surface area contributed by atoms with Crippen LogP contribution in [0.25, 0.3) is 5.82 Å². The molecule has 0 radical (unpaired) electrons. The summed E-state index contributed by atoms with van der Waals surface area (Å²) < 4.78 is 1.55. The molecule has 1 saturated carbocycles. The minimum atomic E-state index is -0.0945. The molecule has 2 aromatic rings. The van der Waals surface area contributed by atoms with Crippen LogP contribution in [0.1, 0.15) is 36.0 Å². The van der Waals surface area contributed by atoms with Gasteiger partial charge in [0.15, 0.2) is 5.82 Å². The van der Waals surface area contributed by atoms with Crippen molar-refractivity contribution in [3.63, 3.8) is 0 Å². The third-order valence-electron chi connectivity index (χ3n) is 4.19. The van der Waals surface area contributed by atoms with Crippen molar-refractivity contribution in [2.75, 3.05) is 6.54 Å². The van der Waals surface area contributed by atoms with Crippen LogP contribution in [0.4, 0.5) is 0 Å². The molecule has 3 N–H and O–H groups in total. The zero-order chi connectivity index (χ0) is 15.4. The second-order valence-corrected chi connectivity index (χ2v) is 5.61. The highest BCUT2D eigenvalue weighted by molar-refractivity contribution is 5.94. The maximum atomic E-state index is 12.3. The van der Waals surface area contributed by atoms with E-state index in [2.05, 4.69) is 20.4 Å². The highest BCUT2D eigenvalue weighted by atomic mass is 16.1. The summed E-state index contributed by atoms with van der Waals surface area (Å²) in [5.41, 5.74) is 6.35. The summed E-state index contributed by atoms with van der Waals surface area (Å²) in [6, 6.07) is 3.67. The molecule has 0 spiro atoms. The van der Waals surface area contributed by atoms with Crippen LogP contribution in [0.15, 0.2) is 31.0 Å². The fraction of sp³-hybridized carbons (Fsp3) is 0.467. The average Bonchev–Trinajstić information content (AvgIpc) is 3.10. The largest absolute Gasteiger partial charge is 0.349 e. The molecule has 1 aliphatic rings. The van der Waals surface area contributed by atoms with Crippen molar-refractivity contribution < 1.29 is 4.79 Å². The van der Waals surface area contributed by atoms with E-state index < -0.39 is 0 Å². The number of aromatic nitrogens is 4. The molecule has 2 aromatic heterocycles. The van der Waals surface area contributed by atoms with E-state index in [0.717, 1.165) is 19.3 Å². The molecule has 22 heavy (non-hydrogen) atoms. The lowest BCUT2D eigenvalue weighted by molar-refractivity contribution is 0.0907. The Balaban J connectivity index is 1.67. The van der Waals surface area contributed by atoms with Crippen molar-refractivity contribution >= 4 is 5.91 Å². The molecular formula is C15H20N6O. The smallest absolute Gasteiger partial charge is 0.253 e. The van der Waals surface area contributed by atoms with E-state index >= 15 is 0 Å². The van der Waals surface area contributed by atoms with Crippen molar-refractivity contribution in [2.45, 2.75) is 31.7 Å². The van der Waals surface area contributed by atoms with Gasteiger partial charge in [0.1, 0.15) is 12.7 Å². The summed E-state index contributed by atoms with van der Waals surface area (Å²) in [7, 11) is 0. The van der Waals surface area contributed by atoms with Crippen LogP contribution in [0.2, 0.25) is 0 Å². The second kappa shape index (κ2) is 6.65. The first kappa shape index (κ1) is 14.6. The van der Waals surface area contributed by atoms with Gasteiger partial charge < -0.3 is 11.1 Å². The van der Waals surface area contributed by atoms with Crippen molar-refractivity contribution in [1.82, 2.24) is 25.1 Å². The monoisotopic (exact) mass is 300 g/mol. The molecule has 1 fully saturated rings. The molecule has 2 atom stereocenters. The lowest BCUT2D eigenvalue weighted by atomic mass is 9.84. The zero-order valence-corrected chi connectivity index (χ0v) is 12.4. The molecule has 0 bridgehead atoms. The van der Waals surface area contributed by atoms with Gasteiger partial charge in [-0.15, -0.1) is 0 Å². The highest BCUT2D eigenvalue weighted by Crippen LogP contribution is 2.23.